The standard InChI is InChI=1S/C14H19N3O2/c1-19-12-3-2-6-15-13(12)17-14(18)10-7-9-4-5-11(10)16-8-9/h2-3,6,9-11,16H,4-5,7-8H2,1H3,(H,15,17,18). The normalized spacial score (nSPS) is 29.0. The summed E-state index contributed by atoms with van der Waals surface area (Å²) in [6.07, 6.45) is 4.98. The largest absolute Gasteiger partial charge is 0.493 e. The quantitative estimate of drug-likeness (QED) is 0.863. The van der Waals surface area contributed by atoms with E-state index in [1.54, 1.807) is 25.4 Å². The molecule has 3 fully saturated rings. The van der Waals surface area contributed by atoms with Gasteiger partial charge < -0.3 is 15.4 Å². The highest BCUT2D eigenvalue weighted by Crippen LogP contribution is 2.34. The van der Waals surface area contributed by atoms with Gasteiger partial charge >= 0.3 is 0 Å². The molecule has 3 atom stereocenters. The lowest BCUT2D eigenvalue weighted by molar-refractivity contribution is -0.123. The molecule has 5 heteroatoms. The van der Waals surface area contributed by atoms with Crippen molar-refractivity contribution in [3.8, 4) is 5.75 Å². The highest BCUT2D eigenvalue weighted by atomic mass is 16.5. The zero-order chi connectivity index (χ0) is 13.2. The summed E-state index contributed by atoms with van der Waals surface area (Å²) in [5.41, 5.74) is 0. The summed E-state index contributed by atoms with van der Waals surface area (Å²) in [6, 6.07) is 3.91. The monoisotopic (exact) mass is 261 g/mol. The third-order valence-corrected chi connectivity index (χ3v) is 4.20. The number of methoxy groups -OCH3 is 1. The van der Waals surface area contributed by atoms with Crippen molar-refractivity contribution in [2.45, 2.75) is 25.3 Å². The molecule has 102 valence electrons. The van der Waals surface area contributed by atoms with Gasteiger partial charge in [0, 0.05) is 12.2 Å². The number of amides is 1. The molecule has 2 bridgehead atoms. The summed E-state index contributed by atoms with van der Waals surface area (Å²) >= 11 is 0. The minimum Gasteiger partial charge on any atom is -0.493 e. The molecule has 0 radical (unpaired) electrons. The summed E-state index contributed by atoms with van der Waals surface area (Å²) in [5, 5.41) is 6.35. The van der Waals surface area contributed by atoms with Crippen LogP contribution in [0.25, 0.3) is 0 Å². The van der Waals surface area contributed by atoms with E-state index in [0.717, 1.165) is 19.4 Å². The Balaban J connectivity index is 1.71. The van der Waals surface area contributed by atoms with Crippen LogP contribution in [0.5, 0.6) is 5.75 Å². The van der Waals surface area contributed by atoms with Crippen LogP contribution in [0, 0.1) is 11.8 Å². The number of hydrogen-bond donors (Lipinski definition) is 2. The number of pyridine rings is 1. The molecule has 5 nitrogen and oxygen atoms in total. The zero-order valence-corrected chi connectivity index (χ0v) is 11.1. The number of carbonyl (C=O) groups excluding carboxylic acids is 1. The second kappa shape index (κ2) is 5.17. The average Bonchev–Trinajstić information content (AvgIpc) is 2.49. The number of fused-ring (bicyclic) bond motifs is 3. The fraction of sp³-hybridized carbons (Fsp3) is 0.571. The third-order valence-electron chi connectivity index (χ3n) is 4.20. The maximum absolute atomic E-state index is 12.4. The highest BCUT2D eigenvalue weighted by Gasteiger charge is 2.39. The van der Waals surface area contributed by atoms with Crippen LogP contribution in [-0.4, -0.2) is 30.6 Å². The fourth-order valence-corrected chi connectivity index (χ4v) is 3.15. The molecule has 1 amide bonds. The van der Waals surface area contributed by atoms with E-state index in [-0.39, 0.29) is 11.8 Å². The Bertz CT molecular complexity index is 470. The van der Waals surface area contributed by atoms with Crippen molar-refractivity contribution >= 4 is 11.7 Å². The van der Waals surface area contributed by atoms with Gasteiger partial charge in [-0.05, 0) is 43.9 Å². The molecule has 2 N–H and O–H groups in total. The van der Waals surface area contributed by atoms with Gasteiger partial charge in [-0.25, -0.2) is 4.98 Å². The van der Waals surface area contributed by atoms with Gasteiger partial charge in [0.15, 0.2) is 11.6 Å². The number of anilines is 1. The number of nitrogens with one attached hydrogen (secondary N) is 2. The Labute approximate surface area is 112 Å². The first-order valence-electron chi connectivity index (χ1n) is 6.81. The second-order valence-corrected chi connectivity index (χ2v) is 5.34. The minimum absolute atomic E-state index is 0.0545. The smallest absolute Gasteiger partial charge is 0.230 e. The lowest BCUT2D eigenvalue weighted by Gasteiger charge is -2.42. The maximum Gasteiger partial charge on any atom is 0.230 e. The van der Waals surface area contributed by atoms with Crippen LogP contribution >= 0.6 is 0 Å². The molecule has 1 aromatic rings. The Morgan fingerprint density at radius 2 is 2.42 bits per heavy atom. The van der Waals surface area contributed by atoms with Crippen molar-refractivity contribution < 1.29 is 9.53 Å². The van der Waals surface area contributed by atoms with Crippen molar-refractivity contribution in [1.29, 1.82) is 0 Å². The van der Waals surface area contributed by atoms with Gasteiger partial charge in [-0.1, -0.05) is 0 Å². The van der Waals surface area contributed by atoms with Crippen molar-refractivity contribution in [2.24, 2.45) is 11.8 Å². The first kappa shape index (κ1) is 12.4. The number of ether oxygens (including phenoxy) is 1. The molecule has 2 saturated heterocycles. The molecule has 19 heavy (non-hydrogen) atoms. The van der Waals surface area contributed by atoms with Gasteiger partial charge in [-0.15, -0.1) is 0 Å². The maximum atomic E-state index is 12.4. The Morgan fingerprint density at radius 3 is 3.05 bits per heavy atom. The van der Waals surface area contributed by atoms with Crippen molar-refractivity contribution in [1.82, 2.24) is 10.3 Å². The number of aromatic nitrogens is 1. The van der Waals surface area contributed by atoms with Crippen LogP contribution in [-0.2, 0) is 4.79 Å². The molecule has 3 aliphatic rings. The van der Waals surface area contributed by atoms with E-state index in [2.05, 4.69) is 15.6 Å². The van der Waals surface area contributed by atoms with Gasteiger partial charge in [0.1, 0.15) is 0 Å². The van der Waals surface area contributed by atoms with E-state index in [1.807, 2.05) is 0 Å². The molecule has 1 aromatic heterocycles. The van der Waals surface area contributed by atoms with E-state index < -0.39 is 0 Å². The number of piperidine rings is 2. The van der Waals surface area contributed by atoms with Gasteiger partial charge in [-0.3, -0.25) is 4.79 Å². The molecule has 4 rings (SSSR count). The van der Waals surface area contributed by atoms with E-state index in [0.29, 0.717) is 23.5 Å². The van der Waals surface area contributed by atoms with Crippen LogP contribution in [0.4, 0.5) is 5.82 Å². The predicted molar refractivity (Wildman–Crippen MR) is 72.0 cm³/mol. The van der Waals surface area contributed by atoms with Crippen LogP contribution in [0.15, 0.2) is 18.3 Å². The lowest BCUT2D eigenvalue weighted by Crippen LogP contribution is -2.53. The van der Waals surface area contributed by atoms with Crippen molar-refractivity contribution in [2.75, 3.05) is 19.0 Å². The predicted octanol–water partition coefficient (Wildman–Crippen LogP) is 1.42. The van der Waals surface area contributed by atoms with Crippen LogP contribution < -0.4 is 15.4 Å². The molecule has 0 aromatic carbocycles. The van der Waals surface area contributed by atoms with E-state index in [9.17, 15) is 4.79 Å². The fourth-order valence-electron chi connectivity index (χ4n) is 3.15. The topological polar surface area (TPSA) is 63.2 Å². The van der Waals surface area contributed by atoms with E-state index >= 15 is 0 Å². The van der Waals surface area contributed by atoms with Crippen LogP contribution in [0.2, 0.25) is 0 Å². The van der Waals surface area contributed by atoms with Crippen molar-refractivity contribution in [3.05, 3.63) is 18.3 Å². The number of hydrogen-bond acceptors (Lipinski definition) is 4. The van der Waals surface area contributed by atoms with E-state index in [4.69, 9.17) is 4.74 Å². The summed E-state index contributed by atoms with van der Waals surface area (Å²) < 4.78 is 5.20. The van der Waals surface area contributed by atoms with Gasteiger partial charge in [-0.2, -0.15) is 0 Å². The van der Waals surface area contributed by atoms with Crippen LogP contribution in [0.1, 0.15) is 19.3 Å². The lowest BCUT2D eigenvalue weighted by atomic mass is 9.73. The summed E-state index contributed by atoms with van der Waals surface area (Å²) in [6.45, 7) is 1.06. The molecule has 1 aliphatic carbocycles. The van der Waals surface area contributed by atoms with Gasteiger partial charge in [0.05, 0.1) is 13.0 Å². The summed E-state index contributed by atoms with van der Waals surface area (Å²) in [4.78, 5) is 16.5. The number of nitrogens with zero attached hydrogens (tertiary/aromatic N) is 1. The molecular weight excluding hydrogens is 242 g/mol. The minimum atomic E-state index is 0.0545. The molecule has 3 unspecified atom stereocenters. The van der Waals surface area contributed by atoms with Crippen LogP contribution in [0.3, 0.4) is 0 Å². The molecule has 2 aliphatic heterocycles. The SMILES string of the molecule is COc1cccnc1NC(=O)C1CC2CCC1NC2. The highest BCUT2D eigenvalue weighted by molar-refractivity contribution is 5.93. The molecule has 1 saturated carbocycles. The molecular formula is C14H19N3O2. The van der Waals surface area contributed by atoms with E-state index in [1.165, 1.54) is 6.42 Å². The number of carbonyl (C=O) groups is 1. The van der Waals surface area contributed by atoms with Gasteiger partial charge in [0.25, 0.3) is 0 Å². The molecule has 3 heterocycles. The van der Waals surface area contributed by atoms with Crippen molar-refractivity contribution in [3.63, 3.8) is 0 Å². The third kappa shape index (κ3) is 2.42. The first-order chi connectivity index (χ1) is 9.28. The van der Waals surface area contributed by atoms with Gasteiger partial charge in [0.2, 0.25) is 5.91 Å². The average molecular weight is 261 g/mol. The first-order valence-corrected chi connectivity index (χ1v) is 6.81. The Kier molecular flexibility index (Phi) is 3.38. The molecule has 0 spiro atoms. The Morgan fingerprint density at radius 1 is 1.53 bits per heavy atom. The Hall–Kier alpha value is -1.62. The second-order valence-electron chi connectivity index (χ2n) is 5.34. The zero-order valence-electron chi connectivity index (χ0n) is 11.1. The summed E-state index contributed by atoms with van der Waals surface area (Å²) in [7, 11) is 1.58. The number of rotatable bonds is 3. The summed E-state index contributed by atoms with van der Waals surface area (Å²) in [5.74, 6) is 1.87.